The van der Waals surface area contributed by atoms with Gasteiger partial charge in [-0.2, -0.15) is 0 Å². The molecule has 0 saturated carbocycles. The largest absolute Gasteiger partial charge is 0.310 e. The molecule has 0 heterocycles. The number of allylic oxidation sites excluding steroid dienone is 4. The molecule has 8 aromatic carbocycles. The summed E-state index contributed by atoms with van der Waals surface area (Å²) >= 11 is 0. The van der Waals surface area contributed by atoms with Gasteiger partial charge >= 0.3 is 0 Å². The van der Waals surface area contributed by atoms with Crippen molar-refractivity contribution in [1.29, 1.82) is 0 Å². The molecule has 12 rings (SSSR count). The first-order chi connectivity index (χ1) is 29.4. The minimum absolute atomic E-state index is 0.102. The molecule has 0 aromatic heterocycles. The van der Waals surface area contributed by atoms with Gasteiger partial charge in [0.05, 0.1) is 5.41 Å². The Bertz CT molecular complexity index is 3060. The smallest absolute Gasteiger partial charge is 0.0566 e. The van der Waals surface area contributed by atoms with Crippen LogP contribution in [0.1, 0.15) is 60.6 Å². The van der Waals surface area contributed by atoms with Crippen molar-refractivity contribution >= 4 is 22.6 Å². The minimum Gasteiger partial charge on any atom is -0.310 e. The third-order valence-corrected chi connectivity index (χ3v) is 14.5. The van der Waals surface area contributed by atoms with Crippen LogP contribution in [0.2, 0.25) is 0 Å². The van der Waals surface area contributed by atoms with Gasteiger partial charge in [0.2, 0.25) is 0 Å². The van der Waals surface area contributed by atoms with Crippen molar-refractivity contribution in [1.82, 2.24) is 0 Å². The first-order valence-electron chi connectivity index (χ1n) is 21.4. The summed E-state index contributed by atoms with van der Waals surface area (Å²) in [5.74, 6) is 0. The number of anilines is 3. The molecule has 8 aromatic rings. The van der Waals surface area contributed by atoms with Gasteiger partial charge in [0, 0.05) is 27.9 Å². The lowest BCUT2D eigenvalue weighted by atomic mass is 9.56. The number of hydrogen-bond acceptors (Lipinski definition) is 1. The van der Waals surface area contributed by atoms with Crippen LogP contribution >= 0.6 is 0 Å². The van der Waals surface area contributed by atoms with Crippen LogP contribution in [0.5, 0.6) is 0 Å². The predicted molar refractivity (Wildman–Crippen MR) is 251 cm³/mol. The van der Waals surface area contributed by atoms with Gasteiger partial charge in [0.1, 0.15) is 0 Å². The molecule has 0 fully saturated rings. The molecule has 1 unspecified atom stereocenters. The standard InChI is InChI=1S/C59H45N/c1-57(2)51-23-10-7-20-46(51)49-34-32-45(38-55(49)57)60(44-19-15-18-41(36-44)39-16-5-4-6-17-39)43-30-27-40(28-31-43)42-29-33-50-52-24-13-14-35-58(52,3)59(56(50)37-42)53-25-11-8-21-47(53)48-22-9-12-26-54(48)59/h4-34,36-38H,35H2,1-3H3. The van der Waals surface area contributed by atoms with E-state index in [0.717, 1.165) is 23.5 Å². The lowest BCUT2D eigenvalue weighted by Crippen LogP contribution is -2.41. The maximum atomic E-state index is 2.52. The van der Waals surface area contributed by atoms with E-state index in [1.807, 2.05) is 0 Å². The molecular weight excluding hydrogens is 723 g/mol. The Morgan fingerprint density at radius 2 is 0.917 bits per heavy atom. The molecule has 0 aliphatic heterocycles. The van der Waals surface area contributed by atoms with Crippen LogP contribution in [0.4, 0.5) is 17.1 Å². The molecule has 4 aliphatic rings. The maximum absolute atomic E-state index is 2.52. The second-order valence-electron chi connectivity index (χ2n) is 17.8. The average molecular weight is 768 g/mol. The number of benzene rings is 8. The molecule has 0 saturated heterocycles. The third-order valence-electron chi connectivity index (χ3n) is 14.5. The van der Waals surface area contributed by atoms with Gasteiger partial charge in [0.25, 0.3) is 0 Å². The van der Waals surface area contributed by atoms with Crippen LogP contribution in [0.25, 0.3) is 50.1 Å². The van der Waals surface area contributed by atoms with E-state index in [4.69, 9.17) is 0 Å². The molecule has 4 aliphatic carbocycles. The number of hydrogen-bond donors (Lipinski definition) is 0. The predicted octanol–water partition coefficient (Wildman–Crippen LogP) is 15.5. The summed E-state index contributed by atoms with van der Waals surface area (Å²) in [6.07, 6.45) is 8.02. The average Bonchev–Trinajstić information content (AvgIpc) is 3.83. The van der Waals surface area contributed by atoms with Gasteiger partial charge in [-0.15, -0.1) is 0 Å². The molecule has 0 bridgehead atoms. The molecular formula is C59H45N. The first kappa shape index (κ1) is 35.0. The van der Waals surface area contributed by atoms with Crippen molar-refractivity contribution in [3.05, 3.63) is 240 Å². The highest BCUT2D eigenvalue weighted by molar-refractivity contribution is 5.95. The maximum Gasteiger partial charge on any atom is 0.0566 e. The van der Waals surface area contributed by atoms with Crippen LogP contribution in [0, 0.1) is 5.41 Å². The second-order valence-corrected chi connectivity index (χ2v) is 17.8. The van der Waals surface area contributed by atoms with E-state index in [1.165, 1.54) is 83.5 Å². The zero-order chi connectivity index (χ0) is 40.2. The zero-order valence-corrected chi connectivity index (χ0v) is 34.3. The highest BCUT2D eigenvalue weighted by Crippen LogP contribution is 2.71. The van der Waals surface area contributed by atoms with Crippen molar-refractivity contribution in [2.45, 2.75) is 38.0 Å². The molecule has 0 radical (unpaired) electrons. The lowest BCUT2D eigenvalue weighted by Gasteiger charge is -2.45. The Hall–Kier alpha value is -6.96. The highest BCUT2D eigenvalue weighted by atomic mass is 15.1. The fourth-order valence-corrected chi connectivity index (χ4v) is 11.7. The number of nitrogens with zero attached hydrogens (tertiary/aromatic N) is 1. The molecule has 286 valence electrons. The van der Waals surface area contributed by atoms with Crippen molar-refractivity contribution in [2.75, 3.05) is 4.90 Å². The van der Waals surface area contributed by atoms with E-state index in [0.29, 0.717) is 0 Å². The Balaban J connectivity index is 1.00. The van der Waals surface area contributed by atoms with Gasteiger partial charge in [0.15, 0.2) is 0 Å². The van der Waals surface area contributed by atoms with Gasteiger partial charge in [-0.05, 0) is 132 Å². The van der Waals surface area contributed by atoms with E-state index >= 15 is 0 Å². The van der Waals surface area contributed by atoms with Crippen molar-refractivity contribution in [2.24, 2.45) is 5.41 Å². The zero-order valence-electron chi connectivity index (χ0n) is 34.3. The van der Waals surface area contributed by atoms with E-state index in [2.05, 4.69) is 232 Å². The van der Waals surface area contributed by atoms with Crippen LogP contribution < -0.4 is 4.90 Å². The van der Waals surface area contributed by atoms with E-state index in [9.17, 15) is 0 Å². The summed E-state index contributed by atoms with van der Waals surface area (Å²) in [6.45, 7) is 7.24. The molecule has 1 heteroatoms. The van der Waals surface area contributed by atoms with E-state index in [1.54, 1.807) is 0 Å². The lowest BCUT2D eigenvalue weighted by molar-refractivity contribution is 0.327. The van der Waals surface area contributed by atoms with Crippen molar-refractivity contribution < 1.29 is 0 Å². The molecule has 1 atom stereocenters. The van der Waals surface area contributed by atoms with Gasteiger partial charge in [-0.25, -0.2) is 0 Å². The van der Waals surface area contributed by atoms with Gasteiger partial charge < -0.3 is 4.90 Å². The second kappa shape index (κ2) is 12.8. The molecule has 0 amide bonds. The summed E-state index contributed by atoms with van der Waals surface area (Å²) in [5, 5.41) is 0. The fraction of sp³-hybridized carbons (Fsp3) is 0.119. The Labute approximate surface area is 353 Å². The molecule has 0 N–H and O–H groups in total. The quantitative estimate of drug-likeness (QED) is 0.169. The molecule has 1 nitrogen and oxygen atoms in total. The van der Waals surface area contributed by atoms with Gasteiger partial charge in [-0.3, -0.25) is 0 Å². The summed E-state index contributed by atoms with van der Waals surface area (Å²) in [6, 6.07) is 70.5. The SMILES string of the molecule is CC1(C)c2ccccc2-c2ccc(N(c3ccc(-c4ccc5c(c4)C4(c6ccccc6-c6ccccc64)C4(C)CC=CC=C54)cc3)c3cccc(-c4ccccc4)c3)cc21. The van der Waals surface area contributed by atoms with Crippen molar-refractivity contribution in [3.63, 3.8) is 0 Å². The van der Waals surface area contributed by atoms with E-state index < -0.39 is 0 Å². The van der Waals surface area contributed by atoms with Crippen LogP contribution in [0.3, 0.4) is 0 Å². The monoisotopic (exact) mass is 767 g/mol. The Morgan fingerprint density at radius 3 is 1.65 bits per heavy atom. The van der Waals surface area contributed by atoms with Crippen LogP contribution in [-0.4, -0.2) is 0 Å². The summed E-state index contributed by atoms with van der Waals surface area (Å²) in [7, 11) is 0. The van der Waals surface area contributed by atoms with E-state index in [-0.39, 0.29) is 16.2 Å². The van der Waals surface area contributed by atoms with Crippen LogP contribution in [-0.2, 0) is 10.8 Å². The topological polar surface area (TPSA) is 3.24 Å². The molecule has 1 spiro atoms. The summed E-state index contributed by atoms with van der Waals surface area (Å²) in [4.78, 5) is 2.44. The van der Waals surface area contributed by atoms with Crippen molar-refractivity contribution in [3.8, 4) is 44.5 Å². The Kier molecular flexibility index (Phi) is 7.45. The Morgan fingerprint density at radius 1 is 0.383 bits per heavy atom. The van der Waals surface area contributed by atoms with Gasteiger partial charge in [-0.1, -0.05) is 185 Å². The number of rotatable bonds is 5. The first-order valence-corrected chi connectivity index (χ1v) is 21.4. The summed E-state index contributed by atoms with van der Waals surface area (Å²) < 4.78 is 0. The molecule has 60 heavy (non-hydrogen) atoms. The minimum atomic E-state index is -0.288. The summed E-state index contributed by atoms with van der Waals surface area (Å²) in [5.41, 5.74) is 23.0. The highest BCUT2D eigenvalue weighted by Gasteiger charge is 2.62. The van der Waals surface area contributed by atoms with Crippen LogP contribution in [0.15, 0.2) is 206 Å². The fourth-order valence-electron chi connectivity index (χ4n) is 11.7. The normalized spacial score (nSPS) is 17.9. The number of fused-ring (bicyclic) bond motifs is 13. The third kappa shape index (κ3) is 4.69.